The number of anilines is 2. The molecule has 0 saturated heterocycles. The number of aromatic nitrogens is 1. The second-order valence-corrected chi connectivity index (χ2v) is 16.3. The Balaban J connectivity index is 1.24. The highest BCUT2D eigenvalue weighted by Gasteiger charge is 2.29. The monoisotopic (exact) mass is 715 g/mol. The number of rotatable bonds is 11. The smallest absolute Gasteiger partial charge is 0.197 e. The summed E-state index contributed by atoms with van der Waals surface area (Å²) in [5.41, 5.74) is 14.1. The molecule has 0 aliphatic carbocycles. The summed E-state index contributed by atoms with van der Waals surface area (Å²) in [6.07, 6.45) is 9.73. The molecule has 0 amide bonds. The molecule has 263 valence electrons. The van der Waals surface area contributed by atoms with Crippen molar-refractivity contribution in [2.75, 3.05) is 5.32 Å². The summed E-state index contributed by atoms with van der Waals surface area (Å²) >= 11 is 1.90. The predicted molar refractivity (Wildman–Crippen MR) is 238 cm³/mol. The second kappa shape index (κ2) is 13.8. The van der Waals surface area contributed by atoms with Crippen molar-refractivity contribution in [2.24, 2.45) is 0 Å². The Morgan fingerprint density at radius 1 is 0.593 bits per heavy atom. The Labute approximate surface area is 322 Å². The fourth-order valence-electron chi connectivity index (χ4n) is 9.02. The van der Waals surface area contributed by atoms with Crippen LogP contribution in [0.4, 0.5) is 11.4 Å². The summed E-state index contributed by atoms with van der Waals surface area (Å²) in [5, 5.41) is 11.8. The number of thiophene rings is 1. The van der Waals surface area contributed by atoms with E-state index in [0.29, 0.717) is 0 Å². The minimum atomic E-state index is 1.11. The van der Waals surface area contributed by atoms with E-state index in [-0.39, 0.29) is 0 Å². The van der Waals surface area contributed by atoms with E-state index < -0.39 is 0 Å². The molecule has 0 fully saturated rings. The highest BCUT2D eigenvalue weighted by Crippen LogP contribution is 2.46. The maximum atomic E-state index is 3.98. The van der Waals surface area contributed by atoms with Gasteiger partial charge in [0.25, 0.3) is 0 Å². The van der Waals surface area contributed by atoms with Gasteiger partial charge in [0.1, 0.15) is 0 Å². The molecular formula is C50H44BN2S. The summed E-state index contributed by atoms with van der Waals surface area (Å²) in [6, 6.07) is 48.2. The van der Waals surface area contributed by atoms with Crippen molar-refractivity contribution in [2.45, 2.75) is 65.2 Å². The Morgan fingerprint density at radius 2 is 1.28 bits per heavy atom. The Bertz CT molecular complexity index is 2860. The Morgan fingerprint density at radius 3 is 2.07 bits per heavy atom. The van der Waals surface area contributed by atoms with Crippen molar-refractivity contribution in [3.05, 3.63) is 139 Å². The summed E-state index contributed by atoms with van der Waals surface area (Å²) in [5.74, 6) is 0. The van der Waals surface area contributed by atoms with E-state index in [0.717, 1.165) is 24.2 Å². The van der Waals surface area contributed by atoms with Gasteiger partial charge in [-0.1, -0.05) is 130 Å². The SMILES string of the molecule is CCCCCc1ccc(Nc2cc3c(cc2-c2c4c5c(c6ccccc26)c2ccccc2n5-c2ccc(CCCCC)cc2[B]4)sc2ccccc23)cc1. The molecule has 4 heteroatoms. The first-order valence-corrected chi connectivity index (χ1v) is 20.8. The minimum Gasteiger partial charge on any atom is -0.355 e. The summed E-state index contributed by atoms with van der Waals surface area (Å²) in [7, 11) is 2.51. The number of nitrogens with zero attached hydrogens (tertiary/aromatic N) is 1. The van der Waals surface area contributed by atoms with Gasteiger partial charge >= 0.3 is 0 Å². The first kappa shape index (κ1) is 33.3. The van der Waals surface area contributed by atoms with Crippen LogP contribution in [0.25, 0.3) is 69.6 Å². The van der Waals surface area contributed by atoms with Gasteiger partial charge in [-0.25, -0.2) is 0 Å². The number of para-hydroxylation sites is 1. The van der Waals surface area contributed by atoms with Gasteiger partial charge in [0.2, 0.25) is 0 Å². The molecular weight excluding hydrogens is 671 g/mol. The lowest BCUT2D eigenvalue weighted by Gasteiger charge is -2.26. The summed E-state index contributed by atoms with van der Waals surface area (Å²) in [6.45, 7) is 4.56. The number of hydrogen-bond acceptors (Lipinski definition) is 2. The number of benzene rings is 7. The van der Waals surface area contributed by atoms with Gasteiger partial charge in [0.15, 0.2) is 7.28 Å². The van der Waals surface area contributed by atoms with Gasteiger partial charge < -0.3 is 9.88 Å². The van der Waals surface area contributed by atoms with E-state index in [9.17, 15) is 0 Å². The third kappa shape index (κ3) is 5.53. The first-order valence-electron chi connectivity index (χ1n) is 20.0. The molecule has 3 heterocycles. The molecule has 0 atom stereocenters. The standard InChI is InChI=1S/C50H44BN2S/c1-3-5-7-15-32-23-26-34(27-24-32)52-42-30-39-35-17-12-14-22-45(35)54-46(39)31-40(42)47-36-18-9-10-19-37(36)48-38-20-11-13-21-43(38)53-44-28-25-33(16-8-6-4-2)29-41(44)51-49(47)50(48)53/h9-14,17-31,52H,3-8,15-16H2,1-2H3. The number of unbranched alkanes of at least 4 members (excludes halogenated alkanes) is 4. The number of fused-ring (bicyclic) bond motifs is 10. The van der Waals surface area contributed by atoms with Gasteiger partial charge in [-0.15, -0.1) is 11.3 Å². The lowest BCUT2D eigenvalue weighted by Crippen LogP contribution is -2.37. The Hall–Kier alpha value is -5.32. The van der Waals surface area contributed by atoms with Gasteiger partial charge in [-0.05, 0) is 101 Å². The van der Waals surface area contributed by atoms with Gasteiger partial charge in [-0.2, -0.15) is 0 Å². The average Bonchev–Trinajstić information content (AvgIpc) is 3.75. The quantitative estimate of drug-likeness (QED) is 0.104. The number of aryl methyl sites for hydroxylation is 2. The van der Waals surface area contributed by atoms with Gasteiger partial charge in [-0.3, -0.25) is 0 Å². The van der Waals surface area contributed by atoms with E-state index in [1.165, 1.54) is 130 Å². The lowest BCUT2D eigenvalue weighted by molar-refractivity contribution is 0.717. The molecule has 9 aromatic rings. The molecule has 0 saturated carbocycles. The topological polar surface area (TPSA) is 17.0 Å². The van der Waals surface area contributed by atoms with Crippen LogP contribution in [0.3, 0.4) is 0 Å². The van der Waals surface area contributed by atoms with Crippen molar-refractivity contribution < 1.29 is 0 Å². The number of nitrogens with one attached hydrogen (secondary N) is 1. The molecule has 1 aliphatic rings. The van der Waals surface area contributed by atoms with Crippen LogP contribution in [0.5, 0.6) is 0 Å². The van der Waals surface area contributed by atoms with Crippen LogP contribution >= 0.6 is 11.3 Å². The normalized spacial score (nSPS) is 12.3. The lowest BCUT2D eigenvalue weighted by atomic mass is 9.58. The fraction of sp³-hybridized carbons (Fsp3) is 0.200. The summed E-state index contributed by atoms with van der Waals surface area (Å²) in [4.78, 5) is 0. The molecule has 0 spiro atoms. The maximum absolute atomic E-state index is 3.98. The van der Waals surface area contributed by atoms with E-state index in [1.807, 2.05) is 11.3 Å². The van der Waals surface area contributed by atoms with E-state index in [4.69, 9.17) is 0 Å². The van der Waals surface area contributed by atoms with E-state index in [2.05, 4.69) is 158 Å². The minimum absolute atomic E-state index is 1.11. The average molecular weight is 716 g/mol. The van der Waals surface area contributed by atoms with Crippen LogP contribution in [0.2, 0.25) is 0 Å². The van der Waals surface area contributed by atoms with Crippen molar-refractivity contribution in [3.8, 4) is 16.8 Å². The number of hydrogen-bond donors (Lipinski definition) is 1. The second-order valence-electron chi connectivity index (χ2n) is 15.2. The third-order valence-electron chi connectivity index (χ3n) is 11.7. The van der Waals surface area contributed by atoms with Crippen LogP contribution in [0.1, 0.15) is 63.5 Å². The molecule has 1 radical (unpaired) electrons. The zero-order chi connectivity index (χ0) is 36.2. The molecule has 2 aromatic heterocycles. The Kier molecular flexibility index (Phi) is 8.52. The zero-order valence-electron chi connectivity index (χ0n) is 31.2. The summed E-state index contributed by atoms with van der Waals surface area (Å²) < 4.78 is 5.20. The largest absolute Gasteiger partial charge is 0.355 e. The van der Waals surface area contributed by atoms with Crippen LogP contribution in [0.15, 0.2) is 127 Å². The molecule has 0 bridgehead atoms. The van der Waals surface area contributed by atoms with Crippen LogP contribution in [-0.2, 0) is 12.8 Å². The highest BCUT2D eigenvalue weighted by molar-refractivity contribution is 7.25. The molecule has 10 rings (SSSR count). The van der Waals surface area contributed by atoms with Crippen molar-refractivity contribution in [3.63, 3.8) is 0 Å². The molecule has 1 N–H and O–H groups in total. The van der Waals surface area contributed by atoms with E-state index in [1.54, 1.807) is 0 Å². The highest BCUT2D eigenvalue weighted by atomic mass is 32.1. The molecule has 1 aliphatic heterocycles. The van der Waals surface area contributed by atoms with Gasteiger partial charge in [0, 0.05) is 59.1 Å². The van der Waals surface area contributed by atoms with Gasteiger partial charge in [0.05, 0.1) is 5.52 Å². The maximum Gasteiger partial charge on any atom is 0.197 e. The predicted octanol–water partition coefficient (Wildman–Crippen LogP) is 13.1. The van der Waals surface area contributed by atoms with Crippen molar-refractivity contribution in [1.82, 2.24) is 4.57 Å². The zero-order valence-corrected chi connectivity index (χ0v) is 32.0. The molecule has 7 aromatic carbocycles. The molecule has 54 heavy (non-hydrogen) atoms. The fourth-order valence-corrected chi connectivity index (χ4v) is 10.1. The van der Waals surface area contributed by atoms with Crippen LogP contribution in [0, 0.1) is 0 Å². The molecule has 2 nitrogen and oxygen atoms in total. The van der Waals surface area contributed by atoms with Crippen molar-refractivity contribution in [1.29, 1.82) is 0 Å². The first-order chi connectivity index (χ1) is 26.7. The molecule has 0 unspecified atom stereocenters. The third-order valence-corrected chi connectivity index (χ3v) is 12.8. The van der Waals surface area contributed by atoms with E-state index >= 15 is 0 Å². The van der Waals surface area contributed by atoms with Crippen LogP contribution in [-0.4, -0.2) is 11.8 Å². The van der Waals surface area contributed by atoms with Crippen molar-refractivity contribution >= 4 is 93.7 Å². The van der Waals surface area contributed by atoms with Crippen LogP contribution < -0.4 is 16.2 Å².